The lowest BCUT2D eigenvalue weighted by atomic mass is 10.0. The second-order valence-corrected chi connectivity index (χ2v) is 6.44. The average molecular weight is 286 g/mol. The smallest absolute Gasteiger partial charge is 0.0869 e. The van der Waals surface area contributed by atoms with Crippen LogP contribution >= 0.6 is 0 Å². The highest BCUT2D eigenvalue weighted by molar-refractivity contribution is 5.83. The molecule has 0 radical (unpaired) electrons. The minimum absolute atomic E-state index is 0.211. The monoisotopic (exact) mass is 286 g/mol. The van der Waals surface area contributed by atoms with E-state index in [-0.39, 0.29) is 6.04 Å². The molecule has 0 saturated carbocycles. The van der Waals surface area contributed by atoms with Gasteiger partial charge in [-0.3, -0.25) is 0 Å². The van der Waals surface area contributed by atoms with Gasteiger partial charge >= 0.3 is 0 Å². The maximum atomic E-state index is 10.3. The van der Waals surface area contributed by atoms with Crippen molar-refractivity contribution in [1.29, 1.82) is 0 Å². The van der Waals surface area contributed by atoms with E-state index in [0.29, 0.717) is 13.1 Å². The number of nitrogens with zero attached hydrogens (tertiary/aromatic N) is 1. The van der Waals surface area contributed by atoms with Crippen molar-refractivity contribution in [2.75, 3.05) is 27.2 Å². The zero-order chi connectivity index (χ0) is 15.5. The van der Waals surface area contributed by atoms with Crippen LogP contribution in [0.2, 0.25) is 0 Å². The highest BCUT2D eigenvalue weighted by Gasteiger charge is 2.22. The van der Waals surface area contributed by atoms with Crippen molar-refractivity contribution in [3.8, 4) is 0 Å². The number of hydrogen-bond acceptors (Lipinski definition) is 3. The number of benzene rings is 2. The van der Waals surface area contributed by atoms with E-state index in [1.807, 2.05) is 25.9 Å². The largest absolute Gasteiger partial charge is 0.388 e. The van der Waals surface area contributed by atoms with E-state index in [9.17, 15) is 5.11 Å². The van der Waals surface area contributed by atoms with Crippen molar-refractivity contribution in [3.63, 3.8) is 0 Å². The Balaban J connectivity index is 2.03. The van der Waals surface area contributed by atoms with E-state index in [4.69, 9.17) is 0 Å². The Hall–Kier alpha value is -1.42. The van der Waals surface area contributed by atoms with Crippen LogP contribution in [-0.2, 0) is 0 Å². The Morgan fingerprint density at radius 3 is 2.48 bits per heavy atom. The first kappa shape index (κ1) is 16.0. The third-order valence-electron chi connectivity index (χ3n) is 3.72. The molecule has 3 heteroatoms. The molecule has 0 aliphatic carbocycles. The van der Waals surface area contributed by atoms with Gasteiger partial charge in [0.15, 0.2) is 0 Å². The molecule has 2 aromatic carbocycles. The number of fused-ring (bicyclic) bond motifs is 1. The van der Waals surface area contributed by atoms with Crippen LogP contribution in [0.3, 0.4) is 0 Å². The number of rotatable bonds is 6. The van der Waals surface area contributed by atoms with Crippen molar-refractivity contribution in [1.82, 2.24) is 10.2 Å². The van der Waals surface area contributed by atoms with Gasteiger partial charge in [-0.25, -0.2) is 0 Å². The minimum Gasteiger partial charge on any atom is -0.388 e. The highest BCUT2D eigenvalue weighted by atomic mass is 16.3. The number of likely N-dealkylation sites (N-methyl/N-ethyl adjacent to an activating group) is 1. The van der Waals surface area contributed by atoms with Gasteiger partial charge in [-0.2, -0.15) is 0 Å². The van der Waals surface area contributed by atoms with E-state index in [0.717, 1.165) is 0 Å². The van der Waals surface area contributed by atoms with E-state index in [2.05, 4.69) is 54.7 Å². The molecule has 0 heterocycles. The second-order valence-electron chi connectivity index (χ2n) is 6.44. The van der Waals surface area contributed by atoms with Crippen LogP contribution in [0.25, 0.3) is 10.8 Å². The lowest BCUT2D eigenvalue weighted by Gasteiger charge is -2.29. The summed E-state index contributed by atoms with van der Waals surface area (Å²) in [7, 11) is 3.95. The zero-order valence-electron chi connectivity index (χ0n) is 13.4. The molecule has 0 aliphatic rings. The number of hydrogen-bond donors (Lipinski definition) is 2. The van der Waals surface area contributed by atoms with Crippen molar-refractivity contribution in [3.05, 3.63) is 48.0 Å². The summed E-state index contributed by atoms with van der Waals surface area (Å²) in [6.07, 6.45) is 0. The predicted molar refractivity (Wildman–Crippen MR) is 89.5 cm³/mol. The minimum atomic E-state index is -0.728. The van der Waals surface area contributed by atoms with Gasteiger partial charge in [0, 0.05) is 19.1 Å². The highest BCUT2D eigenvalue weighted by Crippen LogP contribution is 2.20. The van der Waals surface area contributed by atoms with Gasteiger partial charge in [0.05, 0.1) is 5.60 Å². The molecule has 0 fully saturated rings. The Bertz CT molecular complexity index is 593. The Morgan fingerprint density at radius 2 is 1.81 bits per heavy atom. The summed E-state index contributed by atoms with van der Waals surface area (Å²) in [4.78, 5) is 2.00. The summed E-state index contributed by atoms with van der Waals surface area (Å²) in [5.41, 5.74) is 0.517. The van der Waals surface area contributed by atoms with E-state index >= 15 is 0 Å². The molecule has 0 spiro atoms. The molecule has 0 aromatic heterocycles. The van der Waals surface area contributed by atoms with Crippen LogP contribution in [0.4, 0.5) is 0 Å². The van der Waals surface area contributed by atoms with Crippen molar-refractivity contribution < 1.29 is 5.11 Å². The van der Waals surface area contributed by atoms with Crippen molar-refractivity contribution in [2.45, 2.75) is 25.5 Å². The van der Waals surface area contributed by atoms with Crippen LogP contribution in [0.5, 0.6) is 0 Å². The van der Waals surface area contributed by atoms with Gasteiger partial charge in [0.2, 0.25) is 0 Å². The van der Waals surface area contributed by atoms with Crippen LogP contribution < -0.4 is 5.32 Å². The Labute approximate surface area is 127 Å². The van der Waals surface area contributed by atoms with Crippen molar-refractivity contribution in [2.24, 2.45) is 0 Å². The molecule has 2 unspecified atom stereocenters. The molecule has 3 nitrogen and oxygen atoms in total. The van der Waals surface area contributed by atoms with E-state index in [1.165, 1.54) is 16.3 Å². The molecule has 2 N–H and O–H groups in total. The first-order chi connectivity index (χ1) is 9.87. The first-order valence-corrected chi connectivity index (χ1v) is 7.47. The quantitative estimate of drug-likeness (QED) is 0.857. The summed E-state index contributed by atoms with van der Waals surface area (Å²) in [6, 6.07) is 15.1. The average Bonchev–Trinajstić information content (AvgIpc) is 2.43. The SMILES string of the molecule is CC(NCC(C)(O)CN(C)C)c1ccc2ccccc2c1. The lowest BCUT2D eigenvalue weighted by molar-refractivity contribution is 0.0317. The number of aliphatic hydroxyl groups is 1. The van der Waals surface area contributed by atoms with Crippen LogP contribution in [0.15, 0.2) is 42.5 Å². The fourth-order valence-corrected chi connectivity index (χ4v) is 2.71. The van der Waals surface area contributed by atoms with Gasteiger partial charge in [-0.1, -0.05) is 36.4 Å². The maximum Gasteiger partial charge on any atom is 0.0869 e. The zero-order valence-corrected chi connectivity index (χ0v) is 13.4. The van der Waals surface area contributed by atoms with Crippen LogP contribution in [0, 0.1) is 0 Å². The standard InChI is InChI=1S/C18H26N2O/c1-14(19-12-18(2,21)13-20(3)4)16-10-9-15-7-5-6-8-17(15)11-16/h5-11,14,19,21H,12-13H2,1-4H3. The third kappa shape index (κ3) is 4.53. The molecule has 114 valence electrons. The van der Waals surface area contributed by atoms with Gasteiger partial charge in [-0.05, 0) is 50.3 Å². The summed E-state index contributed by atoms with van der Waals surface area (Å²) in [5, 5.41) is 16.3. The molecule has 0 saturated heterocycles. The van der Waals surface area contributed by atoms with Crippen LogP contribution in [-0.4, -0.2) is 42.8 Å². The second kappa shape index (κ2) is 6.56. The van der Waals surface area contributed by atoms with Gasteiger partial charge < -0.3 is 15.3 Å². The topological polar surface area (TPSA) is 35.5 Å². The van der Waals surface area contributed by atoms with E-state index in [1.54, 1.807) is 0 Å². The fourth-order valence-electron chi connectivity index (χ4n) is 2.71. The first-order valence-electron chi connectivity index (χ1n) is 7.47. The summed E-state index contributed by atoms with van der Waals surface area (Å²) >= 11 is 0. The molecule has 0 amide bonds. The molecule has 2 atom stereocenters. The summed E-state index contributed by atoms with van der Waals surface area (Å²) < 4.78 is 0. The molecule has 21 heavy (non-hydrogen) atoms. The molecule has 2 aromatic rings. The van der Waals surface area contributed by atoms with Crippen molar-refractivity contribution >= 4 is 10.8 Å². The molecular weight excluding hydrogens is 260 g/mol. The number of nitrogens with one attached hydrogen (secondary N) is 1. The molecule has 2 rings (SSSR count). The summed E-state index contributed by atoms with van der Waals surface area (Å²) in [6.45, 7) is 5.21. The molecule has 0 aliphatic heterocycles. The Morgan fingerprint density at radius 1 is 1.14 bits per heavy atom. The molecular formula is C18H26N2O. The molecule has 0 bridgehead atoms. The van der Waals surface area contributed by atoms with Crippen LogP contribution in [0.1, 0.15) is 25.5 Å². The predicted octanol–water partition coefficient (Wildman–Crippen LogP) is 2.80. The van der Waals surface area contributed by atoms with Gasteiger partial charge in [0.1, 0.15) is 0 Å². The third-order valence-corrected chi connectivity index (χ3v) is 3.72. The maximum absolute atomic E-state index is 10.3. The normalized spacial score (nSPS) is 16.1. The van der Waals surface area contributed by atoms with Gasteiger partial charge in [-0.15, -0.1) is 0 Å². The van der Waals surface area contributed by atoms with Gasteiger partial charge in [0.25, 0.3) is 0 Å². The van der Waals surface area contributed by atoms with E-state index < -0.39 is 5.60 Å². The summed E-state index contributed by atoms with van der Waals surface area (Å²) in [5.74, 6) is 0. The fraction of sp³-hybridized carbons (Fsp3) is 0.444. The Kier molecular flexibility index (Phi) is 4.99. The lowest BCUT2D eigenvalue weighted by Crippen LogP contribution is -2.46.